The third kappa shape index (κ3) is 8.25. The number of pyridine rings is 1. The number of benzene rings is 1. The van der Waals surface area contributed by atoms with Crippen LogP contribution in [0, 0.1) is 5.92 Å². The standard InChI is InChI=1S/C23H33N3O/c1-3-4-8-16-26(17-13-21-9-6-5-7-10-21)23(27)25-19-20(2)18-22-11-14-24-15-12-22/h5-7,9-12,14-15,20H,3-4,8,13,16-19H2,1-2H3,(H,25,27). The van der Waals surface area contributed by atoms with Gasteiger partial charge in [-0.1, -0.05) is 57.0 Å². The van der Waals surface area contributed by atoms with Crippen LogP contribution in [0.4, 0.5) is 4.79 Å². The first-order valence-corrected chi connectivity index (χ1v) is 10.1. The van der Waals surface area contributed by atoms with Crippen molar-refractivity contribution in [2.45, 2.75) is 46.0 Å². The number of carbonyl (C=O) groups is 1. The molecule has 1 heterocycles. The topological polar surface area (TPSA) is 45.2 Å². The highest BCUT2D eigenvalue weighted by Gasteiger charge is 2.14. The Morgan fingerprint density at radius 1 is 1.04 bits per heavy atom. The number of hydrogen-bond donors (Lipinski definition) is 1. The summed E-state index contributed by atoms with van der Waals surface area (Å²) in [4.78, 5) is 18.7. The molecule has 2 amide bonds. The third-order valence-electron chi connectivity index (χ3n) is 4.77. The Hall–Kier alpha value is -2.36. The summed E-state index contributed by atoms with van der Waals surface area (Å²) in [6.45, 7) is 6.64. The van der Waals surface area contributed by atoms with Crippen molar-refractivity contribution in [3.8, 4) is 0 Å². The Kier molecular flexibility index (Phi) is 9.39. The average Bonchev–Trinajstić information content (AvgIpc) is 2.70. The first-order chi connectivity index (χ1) is 13.2. The monoisotopic (exact) mass is 367 g/mol. The maximum atomic E-state index is 12.7. The lowest BCUT2D eigenvalue weighted by atomic mass is 10.0. The SMILES string of the molecule is CCCCCN(CCc1ccccc1)C(=O)NCC(C)Cc1ccncc1. The van der Waals surface area contributed by atoms with Crippen LogP contribution in [0.1, 0.15) is 44.2 Å². The van der Waals surface area contributed by atoms with Crippen molar-refractivity contribution in [1.82, 2.24) is 15.2 Å². The van der Waals surface area contributed by atoms with E-state index in [4.69, 9.17) is 0 Å². The van der Waals surface area contributed by atoms with Crippen LogP contribution in [0.3, 0.4) is 0 Å². The summed E-state index contributed by atoms with van der Waals surface area (Å²) >= 11 is 0. The van der Waals surface area contributed by atoms with E-state index in [1.165, 1.54) is 11.1 Å². The Morgan fingerprint density at radius 2 is 1.78 bits per heavy atom. The lowest BCUT2D eigenvalue weighted by molar-refractivity contribution is 0.195. The van der Waals surface area contributed by atoms with E-state index in [1.54, 1.807) is 0 Å². The van der Waals surface area contributed by atoms with E-state index in [0.29, 0.717) is 12.5 Å². The fourth-order valence-corrected chi connectivity index (χ4v) is 3.14. The zero-order valence-corrected chi connectivity index (χ0v) is 16.7. The molecule has 0 radical (unpaired) electrons. The molecule has 27 heavy (non-hydrogen) atoms. The van der Waals surface area contributed by atoms with Gasteiger partial charge in [0.2, 0.25) is 0 Å². The van der Waals surface area contributed by atoms with E-state index >= 15 is 0 Å². The van der Waals surface area contributed by atoms with Crippen LogP contribution in [-0.4, -0.2) is 35.5 Å². The number of carbonyl (C=O) groups excluding carboxylic acids is 1. The first-order valence-electron chi connectivity index (χ1n) is 10.1. The van der Waals surface area contributed by atoms with Gasteiger partial charge in [0.05, 0.1) is 0 Å². The molecule has 2 rings (SSSR count). The second-order valence-electron chi connectivity index (χ2n) is 7.28. The molecule has 1 unspecified atom stereocenters. The molecule has 1 aromatic carbocycles. The number of nitrogens with zero attached hydrogens (tertiary/aromatic N) is 2. The molecule has 0 aliphatic heterocycles. The average molecular weight is 368 g/mol. The lowest BCUT2D eigenvalue weighted by Gasteiger charge is -2.24. The summed E-state index contributed by atoms with van der Waals surface area (Å²) in [6, 6.07) is 14.5. The maximum Gasteiger partial charge on any atom is 0.317 e. The quantitative estimate of drug-likeness (QED) is 0.585. The van der Waals surface area contributed by atoms with Crippen LogP contribution in [0.25, 0.3) is 0 Å². The molecule has 1 N–H and O–H groups in total. The normalized spacial score (nSPS) is 11.8. The van der Waals surface area contributed by atoms with Crippen molar-refractivity contribution < 1.29 is 4.79 Å². The van der Waals surface area contributed by atoms with E-state index in [2.05, 4.69) is 48.4 Å². The largest absolute Gasteiger partial charge is 0.338 e. The molecule has 0 aliphatic carbocycles. The molecule has 0 saturated carbocycles. The molecule has 4 nitrogen and oxygen atoms in total. The van der Waals surface area contributed by atoms with Gasteiger partial charge in [0.1, 0.15) is 0 Å². The number of aromatic nitrogens is 1. The van der Waals surface area contributed by atoms with E-state index < -0.39 is 0 Å². The summed E-state index contributed by atoms with van der Waals surface area (Å²) in [7, 11) is 0. The molecule has 0 fully saturated rings. The Bertz CT molecular complexity index is 645. The van der Waals surface area contributed by atoms with Crippen LogP contribution >= 0.6 is 0 Å². The van der Waals surface area contributed by atoms with E-state index in [-0.39, 0.29) is 6.03 Å². The van der Waals surface area contributed by atoms with Gasteiger partial charge in [0.15, 0.2) is 0 Å². The lowest BCUT2D eigenvalue weighted by Crippen LogP contribution is -2.43. The van der Waals surface area contributed by atoms with Crippen molar-refractivity contribution >= 4 is 6.03 Å². The smallest absolute Gasteiger partial charge is 0.317 e. The molecule has 146 valence electrons. The molecule has 1 aromatic heterocycles. The number of rotatable bonds is 11. The minimum absolute atomic E-state index is 0.0589. The highest BCUT2D eigenvalue weighted by molar-refractivity contribution is 5.74. The number of amides is 2. The third-order valence-corrected chi connectivity index (χ3v) is 4.77. The van der Waals surface area contributed by atoms with Crippen molar-refractivity contribution in [3.63, 3.8) is 0 Å². The van der Waals surface area contributed by atoms with Gasteiger partial charge < -0.3 is 10.2 Å². The summed E-state index contributed by atoms with van der Waals surface area (Å²) < 4.78 is 0. The number of unbranched alkanes of at least 4 members (excludes halogenated alkanes) is 2. The van der Waals surface area contributed by atoms with Gasteiger partial charge in [-0.25, -0.2) is 4.79 Å². The van der Waals surface area contributed by atoms with Gasteiger partial charge >= 0.3 is 6.03 Å². The maximum absolute atomic E-state index is 12.7. The first kappa shape index (κ1) is 20.9. The highest BCUT2D eigenvalue weighted by atomic mass is 16.2. The zero-order chi connectivity index (χ0) is 19.3. The fourth-order valence-electron chi connectivity index (χ4n) is 3.14. The highest BCUT2D eigenvalue weighted by Crippen LogP contribution is 2.08. The van der Waals surface area contributed by atoms with Crippen LogP contribution in [0.15, 0.2) is 54.9 Å². The van der Waals surface area contributed by atoms with Crippen LogP contribution in [0.5, 0.6) is 0 Å². The zero-order valence-electron chi connectivity index (χ0n) is 16.7. The molecule has 0 spiro atoms. The van der Waals surface area contributed by atoms with Gasteiger partial charge in [-0.15, -0.1) is 0 Å². The fraction of sp³-hybridized carbons (Fsp3) is 0.478. The molecular formula is C23H33N3O. The minimum Gasteiger partial charge on any atom is -0.338 e. The van der Waals surface area contributed by atoms with Gasteiger partial charge in [0, 0.05) is 32.0 Å². The molecule has 2 aromatic rings. The van der Waals surface area contributed by atoms with Crippen molar-refractivity contribution in [3.05, 3.63) is 66.0 Å². The van der Waals surface area contributed by atoms with Gasteiger partial charge in [-0.2, -0.15) is 0 Å². The predicted octanol–water partition coefficient (Wildman–Crippen LogP) is 4.70. The summed E-state index contributed by atoms with van der Waals surface area (Å²) in [6.07, 6.45) is 8.87. The Labute approximate surface area is 164 Å². The van der Waals surface area contributed by atoms with Crippen molar-refractivity contribution in [1.29, 1.82) is 0 Å². The molecule has 0 bridgehead atoms. The molecule has 4 heteroatoms. The van der Waals surface area contributed by atoms with Crippen molar-refractivity contribution in [2.75, 3.05) is 19.6 Å². The summed E-state index contributed by atoms with van der Waals surface area (Å²) in [5, 5.41) is 3.14. The van der Waals surface area contributed by atoms with Crippen LogP contribution < -0.4 is 5.32 Å². The van der Waals surface area contributed by atoms with Crippen LogP contribution in [0.2, 0.25) is 0 Å². The Balaban J connectivity index is 1.82. The second-order valence-corrected chi connectivity index (χ2v) is 7.28. The molecule has 1 atom stereocenters. The molecular weight excluding hydrogens is 334 g/mol. The van der Waals surface area contributed by atoms with E-state index in [9.17, 15) is 4.79 Å². The molecule has 0 saturated heterocycles. The van der Waals surface area contributed by atoms with E-state index in [0.717, 1.165) is 45.2 Å². The van der Waals surface area contributed by atoms with E-state index in [1.807, 2.05) is 35.5 Å². The molecule has 0 aliphatic rings. The summed E-state index contributed by atoms with van der Waals surface area (Å²) in [5.41, 5.74) is 2.53. The van der Waals surface area contributed by atoms with Gasteiger partial charge in [-0.05, 0) is 48.4 Å². The predicted molar refractivity (Wildman–Crippen MR) is 112 cm³/mol. The van der Waals surface area contributed by atoms with Gasteiger partial charge in [-0.3, -0.25) is 4.98 Å². The van der Waals surface area contributed by atoms with Crippen LogP contribution in [-0.2, 0) is 12.8 Å². The number of urea groups is 1. The van der Waals surface area contributed by atoms with Crippen molar-refractivity contribution in [2.24, 2.45) is 5.92 Å². The minimum atomic E-state index is 0.0589. The Morgan fingerprint density at radius 3 is 2.48 bits per heavy atom. The van der Waals surface area contributed by atoms with Gasteiger partial charge in [0.25, 0.3) is 0 Å². The number of nitrogens with one attached hydrogen (secondary N) is 1. The number of hydrogen-bond acceptors (Lipinski definition) is 2. The summed E-state index contributed by atoms with van der Waals surface area (Å²) in [5.74, 6) is 0.392. The second kappa shape index (κ2) is 12.1.